The summed E-state index contributed by atoms with van der Waals surface area (Å²) in [6.07, 6.45) is 1.05. The van der Waals surface area contributed by atoms with Crippen LogP contribution in [0.15, 0.2) is 18.2 Å². The Bertz CT molecular complexity index is 369. The van der Waals surface area contributed by atoms with Crippen LogP contribution in [0.2, 0.25) is 10.0 Å². The Morgan fingerprint density at radius 1 is 1.44 bits per heavy atom. The number of nitrogens with two attached hydrogens (primary N) is 1. The number of rotatable bonds is 5. The summed E-state index contributed by atoms with van der Waals surface area (Å²) in [7, 11) is 0. The van der Waals surface area contributed by atoms with Crippen molar-refractivity contribution in [3.8, 4) is 0 Å². The van der Waals surface area contributed by atoms with E-state index in [4.69, 9.17) is 23.2 Å². The van der Waals surface area contributed by atoms with Gasteiger partial charge < -0.3 is 10.6 Å². The van der Waals surface area contributed by atoms with Crippen molar-refractivity contribution < 1.29 is 10.1 Å². The lowest BCUT2D eigenvalue weighted by Crippen LogP contribution is -2.86. The molecule has 0 saturated heterocycles. The monoisotopic (exact) mass is 261 g/mol. The molecule has 16 heavy (non-hydrogen) atoms. The van der Waals surface area contributed by atoms with Crippen LogP contribution in [0.4, 0.5) is 5.69 Å². The Kier molecular flexibility index (Phi) is 5.60. The molecule has 1 rings (SSSR count). The van der Waals surface area contributed by atoms with Crippen LogP contribution in [0.1, 0.15) is 13.3 Å². The number of halogens is 2. The SMILES string of the molecule is CCC[NH2+]CC(=O)Nc1ccc(Cl)cc1Cl. The largest absolute Gasteiger partial charge is 0.338 e. The Hall–Kier alpha value is -0.770. The molecule has 1 aromatic carbocycles. The van der Waals surface area contributed by atoms with Gasteiger partial charge in [-0.1, -0.05) is 30.1 Å². The smallest absolute Gasteiger partial charge is 0.279 e. The van der Waals surface area contributed by atoms with E-state index in [0.29, 0.717) is 22.3 Å². The Balaban J connectivity index is 2.49. The summed E-state index contributed by atoms with van der Waals surface area (Å²) in [6.45, 7) is 3.43. The third-order valence-corrected chi connectivity index (χ3v) is 2.58. The van der Waals surface area contributed by atoms with Gasteiger partial charge in [0.1, 0.15) is 0 Å². The lowest BCUT2D eigenvalue weighted by Gasteiger charge is -2.06. The van der Waals surface area contributed by atoms with Crippen LogP contribution < -0.4 is 10.6 Å². The lowest BCUT2D eigenvalue weighted by molar-refractivity contribution is -0.643. The maximum atomic E-state index is 11.5. The molecule has 1 aromatic rings. The molecule has 0 aliphatic rings. The summed E-state index contributed by atoms with van der Waals surface area (Å²) in [5.41, 5.74) is 0.598. The van der Waals surface area contributed by atoms with Crippen molar-refractivity contribution in [2.75, 3.05) is 18.4 Å². The quantitative estimate of drug-likeness (QED) is 0.782. The van der Waals surface area contributed by atoms with Crippen LogP contribution in [-0.2, 0) is 4.79 Å². The molecule has 1 amide bonds. The summed E-state index contributed by atoms with van der Waals surface area (Å²) >= 11 is 11.7. The van der Waals surface area contributed by atoms with Gasteiger partial charge >= 0.3 is 0 Å². The van der Waals surface area contributed by atoms with Crippen molar-refractivity contribution in [1.29, 1.82) is 0 Å². The number of carbonyl (C=O) groups excluding carboxylic acids is 1. The predicted octanol–water partition coefficient (Wildman–Crippen LogP) is 1.91. The average Bonchev–Trinajstić information content (AvgIpc) is 2.23. The highest BCUT2D eigenvalue weighted by molar-refractivity contribution is 6.36. The van der Waals surface area contributed by atoms with Gasteiger partial charge in [0.25, 0.3) is 5.91 Å². The van der Waals surface area contributed by atoms with Crippen LogP contribution in [0.3, 0.4) is 0 Å². The first-order chi connectivity index (χ1) is 7.63. The summed E-state index contributed by atoms with van der Waals surface area (Å²) in [6, 6.07) is 5.00. The zero-order chi connectivity index (χ0) is 12.0. The minimum atomic E-state index is -0.0577. The maximum absolute atomic E-state index is 11.5. The molecule has 0 aromatic heterocycles. The highest BCUT2D eigenvalue weighted by Gasteiger charge is 2.07. The molecule has 5 heteroatoms. The minimum Gasteiger partial charge on any atom is -0.338 e. The highest BCUT2D eigenvalue weighted by Crippen LogP contribution is 2.24. The normalized spacial score (nSPS) is 10.2. The number of hydrogen-bond acceptors (Lipinski definition) is 1. The zero-order valence-corrected chi connectivity index (χ0v) is 10.6. The fourth-order valence-corrected chi connectivity index (χ4v) is 1.69. The summed E-state index contributed by atoms with van der Waals surface area (Å²) in [4.78, 5) is 11.5. The molecule has 0 fully saturated rings. The Morgan fingerprint density at radius 2 is 2.19 bits per heavy atom. The Labute approximate surface area is 105 Å². The second-order valence-corrected chi connectivity index (χ2v) is 4.30. The Morgan fingerprint density at radius 3 is 2.81 bits per heavy atom. The van der Waals surface area contributed by atoms with Gasteiger partial charge in [0.05, 0.1) is 17.3 Å². The van der Waals surface area contributed by atoms with Gasteiger partial charge in [-0.15, -0.1) is 0 Å². The molecule has 0 unspecified atom stereocenters. The van der Waals surface area contributed by atoms with E-state index in [1.54, 1.807) is 18.2 Å². The summed E-state index contributed by atoms with van der Waals surface area (Å²) < 4.78 is 0. The van der Waals surface area contributed by atoms with Crippen LogP contribution in [0, 0.1) is 0 Å². The molecular weight excluding hydrogens is 247 g/mol. The van der Waals surface area contributed by atoms with Crippen LogP contribution in [0.25, 0.3) is 0 Å². The van der Waals surface area contributed by atoms with Crippen molar-refractivity contribution >= 4 is 34.8 Å². The second-order valence-electron chi connectivity index (χ2n) is 3.45. The molecule has 3 N–H and O–H groups in total. The fraction of sp³-hybridized carbons (Fsp3) is 0.364. The van der Waals surface area contributed by atoms with Crippen LogP contribution >= 0.6 is 23.2 Å². The lowest BCUT2D eigenvalue weighted by atomic mass is 10.3. The first-order valence-electron chi connectivity index (χ1n) is 5.20. The average molecular weight is 262 g/mol. The highest BCUT2D eigenvalue weighted by atomic mass is 35.5. The van der Waals surface area contributed by atoms with E-state index in [1.165, 1.54) is 0 Å². The third kappa shape index (κ3) is 4.39. The van der Waals surface area contributed by atoms with Crippen molar-refractivity contribution in [2.24, 2.45) is 0 Å². The fourth-order valence-electron chi connectivity index (χ4n) is 1.23. The zero-order valence-electron chi connectivity index (χ0n) is 9.09. The van der Waals surface area contributed by atoms with Gasteiger partial charge in [-0.05, 0) is 24.6 Å². The second kappa shape index (κ2) is 6.74. The van der Waals surface area contributed by atoms with Gasteiger partial charge in [0.15, 0.2) is 6.54 Å². The van der Waals surface area contributed by atoms with Crippen molar-refractivity contribution in [3.05, 3.63) is 28.2 Å². The molecule has 0 saturated carbocycles. The first-order valence-corrected chi connectivity index (χ1v) is 5.95. The molecule has 0 spiro atoms. The van der Waals surface area contributed by atoms with E-state index < -0.39 is 0 Å². The van der Waals surface area contributed by atoms with Gasteiger partial charge in [-0.3, -0.25) is 4.79 Å². The number of quaternary nitrogens is 1. The first kappa shape index (κ1) is 13.3. The van der Waals surface area contributed by atoms with Crippen molar-refractivity contribution in [3.63, 3.8) is 0 Å². The molecule has 0 atom stereocenters. The van der Waals surface area contributed by atoms with E-state index in [1.807, 2.05) is 5.32 Å². The maximum Gasteiger partial charge on any atom is 0.279 e. The molecule has 0 radical (unpaired) electrons. The molecule has 0 aliphatic carbocycles. The molecule has 88 valence electrons. The van der Waals surface area contributed by atoms with Crippen molar-refractivity contribution in [2.45, 2.75) is 13.3 Å². The van der Waals surface area contributed by atoms with Gasteiger partial charge in [0.2, 0.25) is 0 Å². The van der Waals surface area contributed by atoms with E-state index in [-0.39, 0.29) is 5.91 Å². The summed E-state index contributed by atoms with van der Waals surface area (Å²) in [5, 5.41) is 5.70. The number of benzene rings is 1. The minimum absolute atomic E-state index is 0.0577. The molecular formula is C11H15Cl2N2O+. The molecule has 0 aliphatic heterocycles. The number of amides is 1. The topological polar surface area (TPSA) is 45.7 Å². The van der Waals surface area contributed by atoms with Gasteiger partial charge in [0, 0.05) is 5.02 Å². The predicted molar refractivity (Wildman–Crippen MR) is 67.0 cm³/mol. The molecule has 0 bridgehead atoms. The molecule has 0 heterocycles. The standard InChI is InChI=1S/C11H14Cl2N2O/c1-2-5-14-7-11(16)15-10-4-3-8(12)6-9(10)13/h3-4,6,14H,2,5,7H2,1H3,(H,15,16)/p+1. The third-order valence-electron chi connectivity index (χ3n) is 2.03. The van der Waals surface area contributed by atoms with Crippen LogP contribution in [-0.4, -0.2) is 19.0 Å². The van der Waals surface area contributed by atoms with E-state index in [0.717, 1.165) is 13.0 Å². The van der Waals surface area contributed by atoms with E-state index >= 15 is 0 Å². The van der Waals surface area contributed by atoms with Crippen LogP contribution in [0.5, 0.6) is 0 Å². The van der Waals surface area contributed by atoms with Crippen molar-refractivity contribution in [1.82, 2.24) is 0 Å². The number of nitrogens with one attached hydrogen (secondary N) is 1. The number of carbonyl (C=O) groups is 1. The summed E-state index contributed by atoms with van der Waals surface area (Å²) in [5.74, 6) is -0.0577. The van der Waals surface area contributed by atoms with Gasteiger partial charge in [-0.25, -0.2) is 0 Å². The molecule has 3 nitrogen and oxygen atoms in total. The van der Waals surface area contributed by atoms with E-state index in [2.05, 4.69) is 12.2 Å². The van der Waals surface area contributed by atoms with Gasteiger partial charge in [-0.2, -0.15) is 0 Å². The number of hydrogen-bond donors (Lipinski definition) is 2. The van der Waals surface area contributed by atoms with E-state index in [9.17, 15) is 4.79 Å². The number of anilines is 1.